The van der Waals surface area contributed by atoms with E-state index in [0.29, 0.717) is 12.0 Å². The Kier molecular flexibility index (Phi) is 8.04. The van der Waals surface area contributed by atoms with Crippen LogP contribution in [0.5, 0.6) is 0 Å². The third-order valence-electron chi connectivity index (χ3n) is 4.06. The molecule has 2 rings (SSSR count). The molecule has 0 N–H and O–H groups in total. The minimum atomic E-state index is -0.499. The van der Waals surface area contributed by atoms with Gasteiger partial charge in [0.15, 0.2) is 0 Å². The normalized spacial score (nSPS) is 12.1. The Morgan fingerprint density at radius 2 is 1.67 bits per heavy atom. The quantitative estimate of drug-likeness (QED) is 0.380. The molecule has 0 fully saturated rings. The molecule has 140 valence electrons. The highest BCUT2D eigenvalue weighted by Crippen LogP contribution is 2.22. The van der Waals surface area contributed by atoms with E-state index < -0.39 is 11.9 Å². The van der Waals surface area contributed by atoms with Crippen LogP contribution in [0.25, 0.3) is 6.08 Å². The monoisotopic (exact) mass is 364 g/mol. The molecular weight excluding hydrogens is 340 g/mol. The van der Waals surface area contributed by atoms with E-state index in [1.165, 1.54) is 13.2 Å². The maximum absolute atomic E-state index is 12.6. The van der Waals surface area contributed by atoms with Crippen LogP contribution in [0.15, 0.2) is 78.9 Å². The molecule has 1 unspecified atom stereocenters. The van der Waals surface area contributed by atoms with E-state index in [1.54, 1.807) is 6.08 Å². The van der Waals surface area contributed by atoms with Gasteiger partial charge < -0.3 is 9.47 Å². The molecule has 0 aliphatic rings. The molecule has 0 radical (unpaired) electrons. The first kappa shape index (κ1) is 20.2. The number of methoxy groups -OCH3 is 1. The fourth-order valence-electron chi connectivity index (χ4n) is 2.74. The van der Waals surface area contributed by atoms with Crippen LogP contribution in [0, 0.1) is 5.92 Å². The Morgan fingerprint density at radius 3 is 2.26 bits per heavy atom. The molecule has 2 aromatic rings. The van der Waals surface area contributed by atoms with Crippen LogP contribution >= 0.6 is 0 Å². The Balaban J connectivity index is 2.28. The molecule has 0 spiro atoms. The molecule has 0 aliphatic heterocycles. The maximum Gasteiger partial charge on any atom is 0.333 e. The fraction of sp³-hybridized carbons (Fsp3) is 0.217. The number of hydrogen-bond acceptors (Lipinski definition) is 4. The van der Waals surface area contributed by atoms with Gasteiger partial charge in [-0.25, -0.2) is 4.79 Å². The highest BCUT2D eigenvalue weighted by atomic mass is 16.5. The van der Waals surface area contributed by atoms with E-state index in [0.717, 1.165) is 11.1 Å². The van der Waals surface area contributed by atoms with Crippen molar-refractivity contribution in [2.24, 2.45) is 5.92 Å². The van der Waals surface area contributed by atoms with Crippen LogP contribution in [0.4, 0.5) is 0 Å². The zero-order chi connectivity index (χ0) is 19.5. The zero-order valence-corrected chi connectivity index (χ0v) is 15.5. The average Bonchev–Trinajstić information content (AvgIpc) is 2.71. The lowest BCUT2D eigenvalue weighted by atomic mass is 9.91. The molecule has 1 atom stereocenters. The van der Waals surface area contributed by atoms with Crippen LogP contribution in [-0.4, -0.2) is 25.7 Å². The van der Waals surface area contributed by atoms with Crippen LogP contribution in [-0.2, 0) is 25.5 Å². The summed E-state index contributed by atoms with van der Waals surface area (Å²) in [4.78, 5) is 24.8. The highest BCUT2D eigenvalue weighted by Gasteiger charge is 2.25. The van der Waals surface area contributed by atoms with E-state index >= 15 is 0 Å². The predicted octanol–water partition coefficient (Wildman–Crippen LogP) is 4.22. The summed E-state index contributed by atoms with van der Waals surface area (Å²) in [7, 11) is 1.34. The van der Waals surface area contributed by atoms with Crippen LogP contribution in [0.2, 0.25) is 0 Å². The van der Waals surface area contributed by atoms with Gasteiger partial charge in [-0.05, 0) is 30.0 Å². The van der Waals surface area contributed by atoms with Gasteiger partial charge in [0.2, 0.25) is 0 Å². The number of esters is 2. The third-order valence-corrected chi connectivity index (χ3v) is 4.06. The molecule has 4 heteroatoms. The van der Waals surface area contributed by atoms with Gasteiger partial charge in [0, 0.05) is 5.57 Å². The van der Waals surface area contributed by atoms with Crippen molar-refractivity contribution in [2.75, 3.05) is 13.7 Å². The molecule has 4 nitrogen and oxygen atoms in total. The first-order chi connectivity index (χ1) is 13.1. The number of benzene rings is 2. The fourth-order valence-corrected chi connectivity index (χ4v) is 2.74. The van der Waals surface area contributed by atoms with Gasteiger partial charge in [-0.1, -0.05) is 73.3 Å². The summed E-state index contributed by atoms with van der Waals surface area (Å²) in [5, 5.41) is 0. The van der Waals surface area contributed by atoms with Crippen molar-refractivity contribution >= 4 is 18.0 Å². The van der Waals surface area contributed by atoms with E-state index in [2.05, 4.69) is 6.58 Å². The Bertz CT molecular complexity index is 779. The Hall–Kier alpha value is -3.14. The van der Waals surface area contributed by atoms with Gasteiger partial charge in [0.05, 0.1) is 13.0 Å². The molecular formula is C23H24O4. The SMILES string of the molecule is C=CCOC(=O)C(C/C(=C\c1ccccc1)C(=O)OC)Cc1ccccc1. The molecule has 27 heavy (non-hydrogen) atoms. The van der Waals surface area contributed by atoms with Crippen molar-refractivity contribution in [2.45, 2.75) is 12.8 Å². The standard InChI is InChI=1S/C23H24O4/c1-3-14-27-23(25)21(16-19-12-8-5-9-13-19)17-20(22(24)26-2)15-18-10-6-4-7-11-18/h3-13,15,21H,1,14,16-17H2,2H3/b20-15+. The van der Waals surface area contributed by atoms with E-state index in [-0.39, 0.29) is 19.0 Å². The van der Waals surface area contributed by atoms with Gasteiger partial charge in [0.1, 0.15) is 6.61 Å². The second-order valence-corrected chi connectivity index (χ2v) is 6.08. The molecule has 0 saturated carbocycles. The van der Waals surface area contributed by atoms with Crippen LogP contribution < -0.4 is 0 Å². The lowest BCUT2D eigenvalue weighted by Crippen LogP contribution is -2.23. The van der Waals surface area contributed by atoms with Crippen molar-refractivity contribution in [3.8, 4) is 0 Å². The third kappa shape index (κ3) is 6.59. The predicted molar refractivity (Wildman–Crippen MR) is 106 cm³/mol. The Labute approximate surface area is 160 Å². The highest BCUT2D eigenvalue weighted by molar-refractivity contribution is 5.94. The minimum Gasteiger partial charge on any atom is -0.466 e. The van der Waals surface area contributed by atoms with Crippen LogP contribution in [0.1, 0.15) is 17.5 Å². The van der Waals surface area contributed by atoms with Gasteiger partial charge >= 0.3 is 11.9 Å². The molecule has 0 aromatic heterocycles. The summed E-state index contributed by atoms with van der Waals surface area (Å²) in [6.45, 7) is 3.71. The smallest absolute Gasteiger partial charge is 0.333 e. The number of rotatable bonds is 9. The first-order valence-electron chi connectivity index (χ1n) is 8.79. The largest absolute Gasteiger partial charge is 0.466 e. The lowest BCUT2D eigenvalue weighted by Gasteiger charge is -2.17. The first-order valence-corrected chi connectivity index (χ1v) is 8.79. The van der Waals surface area contributed by atoms with Crippen molar-refractivity contribution in [3.05, 3.63) is 90.0 Å². The number of carbonyl (C=O) groups excluding carboxylic acids is 2. The topological polar surface area (TPSA) is 52.6 Å². The van der Waals surface area contributed by atoms with Crippen molar-refractivity contribution in [1.82, 2.24) is 0 Å². The summed E-state index contributed by atoms with van der Waals surface area (Å²) in [6.07, 6.45) is 3.98. The molecule has 0 bridgehead atoms. The van der Waals surface area contributed by atoms with Crippen molar-refractivity contribution in [3.63, 3.8) is 0 Å². The van der Waals surface area contributed by atoms with Crippen molar-refractivity contribution < 1.29 is 19.1 Å². The minimum absolute atomic E-state index is 0.139. The van der Waals surface area contributed by atoms with Crippen molar-refractivity contribution in [1.29, 1.82) is 0 Å². The number of carbonyl (C=O) groups is 2. The number of ether oxygens (including phenoxy) is 2. The molecule has 0 aliphatic carbocycles. The Morgan fingerprint density at radius 1 is 1.04 bits per heavy atom. The van der Waals surface area contributed by atoms with Gasteiger partial charge in [-0.15, -0.1) is 0 Å². The van der Waals surface area contributed by atoms with E-state index in [9.17, 15) is 9.59 Å². The second-order valence-electron chi connectivity index (χ2n) is 6.08. The maximum atomic E-state index is 12.6. The second kappa shape index (κ2) is 10.8. The lowest BCUT2D eigenvalue weighted by molar-refractivity contribution is -0.147. The zero-order valence-electron chi connectivity index (χ0n) is 15.5. The average molecular weight is 364 g/mol. The molecule has 2 aromatic carbocycles. The number of hydrogen-bond donors (Lipinski definition) is 0. The van der Waals surface area contributed by atoms with Gasteiger partial charge in [0.25, 0.3) is 0 Å². The summed E-state index contributed by atoms with van der Waals surface area (Å²) >= 11 is 0. The van der Waals surface area contributed by atoms with Crippen LogP contribution in [0.3, 0.4) is 0 Å². The molecule has 0 saturated heterocycles. The van der Waals surface area contributed by atoms with E-state index in [1.807, 2.05) is 60.7 Å². The molecule has 0 amide bonds. The summed E-state index contributed by atoms with van der Waals surface area (Å²) in [5.74, 6) is -1.31. The molecule has 0 heterocycles. The van der Waals surface area contributed by atoms with Gasteiger partial charge in [-0.3, -0.25) is 4.79 Å². The summed E-state index contributed by atoms with van der Waals surface area (Å²) in [5.41, 5.74) is 2.30. The van der Waals surface area contributed by atoms with Gasteiger partial charge in [-0.2, -0.15) is 0 Å². The summed E-state index contributed by atoms with van der Waals surface area (Å²) < 4.78 is 10.2. The van der Waals surface area contributed by atoms with E-state index in [4.69, 9.17) is 9.47 Å². The summed E-state index contributed by atoms with van der Waals surface area (Å²) in [6, 6.07) is 19.1.